The molecule has 0 radical (unpaired) electrons. The van der Waals surface area contributed by atoms with Crippen LogP contribution in [-0.2, 0) is 19.1 Å². The van der Waals surface area contributed by atoms with Crippen molar-refractivity contribution in [2.45, 2.75) is 50.5 Å². The van der Waals surface area contributed by atoms with Gasteiger partial charge in [0.25, 0.3) is 0 Å². The van der Waals surface area contributed by atoms with Crippen molar-refractivity contribution in [1.29, 1.82) is 0 Å². The fourth-order valence-electron chi connectivity index (χ4n) is 4.24. The highest BCUT2D eigenvalue weighted by Crippen LogP contribution is 2.41. The van der Waals surface area contributed by atoms with Crippen molar-refractivity contribution in [3.63, 3.8) is 0 Å². The Bertz CT molecular complexity index is 1110. The predicted molar refractivity (Wildman–Crippen MR) is 137 cm³/mol. The third-order valence-electron chi connectivity index (χ3n) is 5.88. The minimum atomic E-state index is -0.619. The third kappa shape index (κ3) is 6.32. The van der Waals surface area contributed by atoms with Crippen LogP contribution in [0.2, 0.25) is 0 Å². The van der Waals surface area contributed by atoms with E-state index in [9.17, 15) is 9.59 Å². The minimum Gasteiger partial charge on any atom is -0.463 e. The summed E-state index contributed by atoms with van der Waals surface area (Å²) in [6.07, 6.45) is 6.52. The van der Waals surface area contributed by atoms with Crippen LogP contribution in [0.1, 0.15) is 56.7 Å². The summed E-state index contributed by atoms with van der Waals surface area (Å²) in [4.78, 5) is 31.6. The Labute approximate surface area is 211 Å². The van der Waals surface area contributed by atoms with E-state index < -0.39 is 17.9 Å². The van der Waals surface area contributed by atoms with Crippen molar-refractivity contribution < 1.29 is 19.1 Å². The summed E-state index contributed by atoms with van der Waals surface area (Å²) in [7, 11) is 0. The molecule has 0 saturated heterocycles. The van der Waals surface area contributed by atoms with E-state index in [-0.39, 0.29) is 19.3 Å². The molecular formula is C27H33N3O4S. The van der Waals surface area contributed by atoms with Crippen LogP contribution in [0.15, 0.2) is 76.2 Å². The molecule has 1 aromatic heterocycles. The van der Waals surface area contributed by atoms with Gasteiger partial charge in [-0.15, -0.1) is 11.8 Å². The summed E-state index contributed by atoms with van der Waals surface area (Å²) in [5, 5.41) is 3.31. The number of benzene rings is 1. The van der Waals surface area contributed by atoms with Crippen LogP contribution in [0, 0.1) is 0 Å². The number of carbonyl (C=O) groups excluding carboxylic acids is 2. The van der Waals surface area contributed by atoms with Gasteiger partial charge in [0.15, 0.2) is 0 Å². The number of hydrogen-bond acceptors (Lipinski definition) is 8. The lowest BCUT2D eigenvalue weighted by atomic mass is 9.79. The van der Waals surface area contributed by atoms with E-state index in [0.717, 1.165) is 16.0 Å². The Morgan fingerprint density at radius 3 is 2.46 bits per heavy atom. The first-order chi connectivity index (χ1) is 16.9. The third-order valence-corrected chi connectivity index (χ3v) is 6.61. The summed E-state index contributed by atoms with van der Waals surface area (Å²) in [6, 6.07) is 11.4. The monoisotopic (exact) mass is 495 g/mol. The van der Waals surface area contributed by atoms with Gasteiger partial charge in [0.2, 0.25) is 0 Å². The SMILES string of the molecule is CCOC(=O)C1=C(C)NC(CCC(N)c2cccnc2)=C(C(=O)OCC)C1c1cccc(SC)c1. The van der Waals surface area contributed by atoms with E-state index in [1.807, 2.05) is 49.6 Å². The number of allylic oxidation sites excluding steroid dienone is 2. The number of pyridine rings is 1. The molecule has 0 amide bonds. The lowest BCUT2D eigenvalue weighted by Crippen LogP contribution is -2.33. The van der Waals surface area contributed by atoms with E-state index in [1.165, 1.54) is 0 Å². The van der Waals surface area contributed by atoms with Crippen molar-refractivity contribution in [3.05, 3.63) is 82.5 Å². The molecule has 0 bridgehead atoms. The molecule has 186 valence electrons. The lowest BCUT2D eigenvalue weighted by Gasteiger charge is -2.32. The number of dihydropyridines is 1. The van der Waals surface area contributed by atoms with Gasteiger partial charge in [0.05, 0.1) is 30.3 Å². The number of rotatable bonds is 10. The minimum absolute atomic E-state index is 0.222. The number of nitrogens with two attached hydrogens (primary N) is 1. The molecule has 7 nitrogen and oxygen atoms in total. The van der Waals surface area contributed by atoms with Gasteiger partial charge in [-0.2, -0.15) is 0 Å². The zero-order chi connectivity index (χ0) is 25.4. The summed E-state index contributed by atoms with van der Waals surface area (Å²) in [6.45, 7) is 5.82. The zero-order valence-corrected chi connectivity index (χ0v) is 21.5. The Kier molecular flexibility index (Phi) is 9.51. The molecule has 1 aliphatic rings. The van der Waals surface area contributed by atoms with Crippen molar-refractivity contribution in [2.75, 3.05) is 19.5 Å². The van der Waals surface area contributed by atoms with Crippen LogP contribution >= 0.6 is 11.8 Å². The molecule has 2 aromatic rings. The highest BCUT2D eigenvalue weighted by molar-refractivity contribution is 7.98. The second-order valence-corrected chi connectivity index (χ2v) is 9.02. The van der Waals surface area contributed by atoms with Gasteiger partial charge < -0.3 is 20.5 Å². The van der Waals surface area contributed by atoms with Crippen LogP contribution in [0.4, 0.5) is 0 Å². The largest absolute Gasteiger partial charge is 0.463 e. The maximum absolute atomic E-state index is 13.4. The molecule has 2 unspecified atom stereocenters. The van der Waals surface area contributed by atoms with Gasteiger partial charge in [0, 0.05) is 34.7 Å². The number of esters is 2. The standard InChI is InChI=1S/C27H33N3O4S/c1-5-33-26(31)23-17(3)30-22(13-12-21(28)19-10-8-14-29-16-19)25(27(32)34-6-2)24(23)18-9-7-11-20(15-18)35-4/h7-11,14-16,21,24,30H,5-6,12-13,28H2,1-4H3. The van der Waals surface area contributed by atoms with Gasteiger partial charge in [-0.25, -0.2) is 9.59 Å². The zero-order valence-electron chi connectivity index (χ0n) is 20.7. The van der Waals surface area contributed by atoms with Crippen molar-refractivity contribution in [2.24, 2.45) is 5.73 Å². The predicted octanol–water partition coefficient (Wildman–Crippen LogP) is 4.62. The van der Waals surface area contributed by atoms with Crippen LogP contribution in [0.3, 0.4) is 0 Å². The summed E-state index contributed by atoms with van der Waals surface area (Å²) < 4.78 is 10.9. The number of hydrogen-bond donors (Lipinski definition) is 2. The molecule has 2 heterocycles. The van der Waals surface area contributed by atoms with Gasteiger partial charge >= 0.3 is 11.9 Å². The van der Waals surface area contributed by atoms with Crippen LogP contribution in [0.5, 0.6) is 0 Å². The first kappa shape index (κ1) is 26.5. The number of aromatic nitrogens is 1. The van der Waals surface area contributed by atoms with Crippen molar-refractivity contribution in [3.8, 4) is 0 Å². The quantitative estimate of drug-likeness (QED) is 0.363. The molecule has 0 aliphatic carbocycles. The van der Waals surface area contributed by atoms with E-state index in [1.54, 1.807) is 38.0 Å². The second-order valence-electron chi connectivity index (χ2n) is 8.14. The molecular weight excluding hydrogens is 462 g/mol. The van der Waals surface area contributed by atoms with Gasteiger partial charge in [-0.3, -0.25) is 4.98 Å². The molecule has 0 spiro atoms. The van der Waals surface area contributed by atoms with E-state index >= 15 is 0 Å². The molecule has 3 rings (SSSR count). The molecule has 8 heteroatoms. The number of thioether (sulfide) groups is 1. The maximum atomic E-state index is 13.4. The Balaban J connectivity index is 2.09. The lowest BCUT2D eigenvalue weighted by molar-refractivity contribution is -0.139. The topological polar surface area (TPSA) is 104 Å². The van der Waals surface area contributed by atoms with E-state index in [2.05, 4.69) is 10.3 Å². The first-order valence-electron chi connectivity index (χ1n) is 11.8. The van der Waals surface area contributed by atoms with Gasteiger partial charge in [-0.05, 0) is 69.2 Å². The Morgan fingerprint density at radius 2 is 1.83 bits per heavy atom. The highest BCUT2D eigenvalue weighted by Gasteiger charge is 2.39. The molecule has 1 aromatic carbocycles. The fraction of sp³-hybridized carbons (Fsp3) is 0.370. The normalized spacial score (nSPS) is 16.5. The molecule has 1 aliphatic heterocycles. The molecule has 2 atom stereocenters. The van der Waals surface area contributed by atoms with Gasteiger partial charge in [-0.1, -0.05) is 18.2 Å². The fourth-order valence-corrected chi connectivity index (χ4v) is 4.71. The van der Waals surface area contributed by atoms with Crippen molar-refractivity contribution in [1.82, 2.24) is 10.3 Å². The van der Waals surface area contributed by atoms with Crippen LogP contribution in [0.25, 0.3) is 0 Å². The van der Waals surface area contributed by atoms with E-state index in [0.29, 0.717) is 35.4 Å². The first-order valence-corrected chi connectivity index (χ1v) is 13.0. The molecule has 0 saturated carbocycles. The number of nitrogens with zero attached hydrogens (tertiary/aromatic N) is 1. The summed E-state index contributed by atoms with van der Waals surface area (Å²) >= 11 is 1.60. The molecule has 0 fully saturated rings. The number of nitrogens with one attached hydrogen (secondary N) is 1. The average Bonchev–Trinajstić information content (AvgIpc) is 2.87. The van der Waals surface area contributed by atoms with Crippen molar-refractivity contribution >= 4 is 23.7 Å². The van der Waals surface area contributed by atoms with Crippen LogP contribution < -0.4 is 11.1 Å². The van der Waals surface area contributed by atoms with Gasteiger partial charge in [0.1, 0.15) is 0 Å². The smallest absolute Gasteiger partial charge is 0.336 e. The number of ether oxygens (including phenoxy) is 2. The Morgan fingerprint density at radius 1 is 1.11 bits per heavy atom. The van der Waals surface area contributed by atoms with E-state index in [4.69, 9.17) is 15.2 Å². The second kappa shape index (κ2) is 12.6. The maximum Gasteiger partial charge on any atom is 0.336 e. The molecule has 3 N–H and O–H groups in total. The molecule has 35 heavy (non-hydrogen) atoms. The summed E-state index contributed by atoms with van der Waals surface area (Å²) in [5.74, 6) is -1.53. The van der Waals surface area contributed by atoms with Crippen LogP contribution in [-0.4, -0.2) is 36.4 Å². The number of carbonyl (C=O) groups is 2. The Hall–Kier alpha value is -3.10. The summed E-state index contributed by atoms with van der Waals surface area (Å²) in [5.41, 5.74) is 10.4. The average molecular weight is 496 g/mol. The highest BCUT2D eigenvalue weighted by atomic mass is 32.2.